The molecule has 0 radical (unpaired) electrons. The number of aliphatic carboxylic acids is 1. The summed E-state index contributed by atoms with van der Waals surface area (Å²) in [6.07, 6.45) is 2.07. The van der Waals surface area contributed by atoms with Gasteiger partial charge in [-0.3, -0.25) is 4.98 Å². The molecule has 1 aliphatic heterocycles. The molecule has 1 fully saturated rings. The van der Waals surface area contributed by atoms with Gasteiger partial charge in [0, 0.05) is 25.9 Å². The Balaban J connectivity index is 1.81. The van der Waals surface area contributed by atoms with E-state index >= 15 is 0 Å². The lowest BCUT2D eigenvalue weighted by Crippen LogP contribution is -2.49. The van der Waals surface area contributed by atoms with E-state index in [0.29, 0.717) is 13.1 Å². The monoisotopic (exact) mass is 273 g/mol. The van der Waals surface area contributed by atoms with E-state index in [4.69, 9.17) is 5.11 Å². The van der Waals surface area contributed by atoms with Crippen molar-refractivity contribution in [3.8, 4) is 0 Å². The summed E-state index contributed by atoms with van der Waals surface area (Å²) in [4.78, 5) is 21.8. The van der Waals surface area contributed by atoms with Crippen LogP contribution in [-0.4, -0.2) is 44.8 Å². The third kappa shape index (κ3) is 2.18. The molecule has 2 aromatic rings. The van der Waals surface area contributed by atoms with E-state index in [9.17, 15) is 9.90 Å². The van der Waals surface area contributed by atoms with E-state index in [1.165, 1.54) is 0 Å². The largest absolute Gasteiger partial charge is 0.479 e. The second-order valence-electron chi connectivity index (χ2n) is 5.04. The molecule has 104 valence electrons. The third-order valence-electron chi connectivity index (χ3n) is 3.75. The number of aromatic nitrogens is 2. The molecule has 0 atom stereocenters. The molecule has 0 unspecified atom stereocenters. The Bertz CT molecular complexity index is 651. The molecule has 2 N–H and O–H groups in total. The Morgan fingerprint density at radius 2 is 1.85 bits per heavy atom. The average Bonchev–Trinajstić information content (AvgIpc) is 2.47. The molecule has 20 heavy (non-hydrogen) atoms. The van der Waals surface area contributed by atoms with Gasteiger partial charge in [0.2, 0.25) is 0 Å². The quantitative estimate of drug-likeness (QED) is 0.850. The van der Waals surface area contributed by atoms with E-state index in [1.54, 1.807) is 6.20 Å². The molecular formula is C14H15N3O3. The highest BCUT2D eigenvalue weighted by Crippen LogP contribution is 2.26. The Morgan fingerprint density at radius 3 is 2.50 bits per heavy atom. The van der Waals surface area contributed by atoms with Gasteiger partial charge in [0.25, 0.3) is 0 Å². The fourth-order valence-corrected chi connectivity index (χ4v) is 2.42. The second-order valence-corrected chi connectivity index (χ2v) is 5.04. The number of benzene rings is 1. The molecule has 6 heteroatoms. The molecule has 0 spiro atoms. The number of hydrogen-bond acceptors (Lipinski definition) is 5. The van der Waals surface area contributed by atoms with Crippen molar-refractivity contribution in [1.29, 1.82) is 0 Å². The number of nitrogens with zero attached hydrogens (tertiary/aromatic N) is 3. The number of hydrogen-bond donors (Lipinski definition) is 2. The van der Waals surface area contributed by atoms with Crippen LogP contribution in [0.5, 0.6) is 0 Å². The third-order valence-corrected chi connectivity index (χ3v) is 3.75. The molecule has 3 rings (SSSR count). The summed E-state index contributed by atoms with van der Waals surface area (Å²) in [5, 5.41) is 18.9. The van der Waals surface area contributed by atoms with E-state index in [0.717, 1.165) is 16.9 Å². The number of fused-ring (bicyclic) bond motifs is 1. The summed E-state index contributed by atoms with van der Waals surface area (Å²) >= 11 is 0. The molecule has 1 saturated heterocycles. The average molecular weight is 273 g/mol. The molecule has 0 bridgehead atoms. The maximum atomic E-state index is 11.0. The van der Waals surface area contributed by atoms with Crippen LogP contribution >= 0.6 is 0 Å². The van der Waals surface area contributed by atoms with Crippen molar-refractivity contribution in [2.24, 2.45) is 0 Å². The molecule has 1 aliphatic rings. The zero-order valence-corrected chi connectivity index (χ0v) is 10.9. The van der Waals surface area contributed by atoms with Crippen LogP contribution in [0.2, 0.25) is 0 Å². The van der Waals surface area contributed by atoms with Crippen LogP contribution in [0.1, 0.15) is 12.8 Å². The van der Waals surface area contributed by atoms with E-state index in [1.807, 2.05) is 29.2 Å². The highest BCUT2D eigenvalue weighted by atomic mass is 16.4. The number of carboxylic acids is 1. The van der Waals surface area contributed by atoms with Gasteiger partial charge < -0.3 is 15.1 Å². The Labute approximate surface area is 115 Å². The van der Waals surface area contributed by atoms with Gasteiger partial charge in [-0.05, 0) is 12.1 Å². The van der Waals surface area contributed by atoms with E-state index < -0.39 is 11.6 Å². The highest BCUT2D eigenvalue weighted by Gasteiger charge is 2.39. The van der Waals surface area contributed by atoms with Gasteiger partial charge in [-0.1, -0.05) is 12.1 Å². The van der Waals surface area contributed by atoms with Gasteiger partial charge in [0.05, 0.1) is 17.2 Å². The molecular weight excluding hydrogens is 258 g/mol. The topological polar surface area (TPSA) is 86.5 Å². The fraction of sp³-hybridized carbons (Fsp3) is 0.357. The first-order valence-corrected chi connectivity index (χ1v) is 6.51. The normalized spacial score (nSPS) is 18.1. The number of carbonyl (C=O) groups is 1. The van der Waals surface area contributed by atoms with Crippen molar-refractivity contribution in [3.05, 3.63) is 30.5 Å². The molecule has 0 aliphatic carbocycles. The van der Waals surface area contributed by atoms with Crippen LogP contribution in [0.4, 0.5) is 5.82 Å². The van der Waals surface area contributed by atoms with Crippen molar-refractivity contribution in [2.75, 3.05) is 18.0 Å². The van der Waals surface area contributed by atoms with Crippen molar-refractivity contribution in [3.63, 3.8) is 0 Å². The van der Waals surface area contributed by atoms with Gasteiger partial charge in [0.1, 0.15) is 5.82 Å². The highest BCUT2D eigenvalue weighted by molar-refractivity contribution is 5.78. The number of anilines is 1. The van der Waals surface area contributed by atoms with Crippen molar-refractivity contribution >= 4 is 22.8 Å². The van der Waals surface area contributed by atoms with Gasteiger partial charge in [0.15, 0.2) is 5.60 Å². The van der Waals surface area contributed by atoms with Gasteiger partial charge in [-0.15, -0.1) is 0 Å². The molecule has 0 amide bonds. The number of para-hydroxylation sites is 2. The number of aliphatic hydroxyl groups is 1. The van der Waals surface area contributed by atoms with Crippen molar-refractivity contribution in [1.82, 2.24) is 9.97 Å². The lowest BCUT2D eigenvalue weighted by molar-refractivity contribution is -0.160. The molecule has 6 nitrogen and oxygen atoms in total. The first-order valence-electron chi connectivity index (χ1n) is 6.51. The number of carboxylic acid groups (broad SMARTS) is 1. The van der Waals surface area contributed by atoms with Crippen LogP contribution in [0.25, 0.3) is 11.0 Å². The molecule has 0 saturated carbocycles. The zero-order chi connectivity index (χ0) is 14.2. The fourth-order valence-electron chi connectivity index (χ4n) is 2.42. The first kappa shape index (κ1) is 12.8. The lowest BCUT2D eigenvalue weighted by atomic mass is 9.92. The predicted octanol–water partition coefficient (Wildman–Crippen LogP) is 1.05. The van der Waals surface area contributed by atoms with Crippen molar-refractivity contribution in [2.45, 2.75) is 18.4 Å². The lowest BCUT2D eigenvalue weighted by Gasteiger charge is -2.35. The van der Waals surface area contributed by atoms with Crippen LogP contribution in [-0.2, 0) is 4.79 Å². The molecule has 2 heterocycles. The van der Waals surface area contributed by atoms with Gasteiger partial charge in [-0.25, -0.2) is 9.78 Å². The Kier molecular flexibility index (Phi) is 3.02. The Morgan fingerprint density at radius 1 is 1.20 bits per heavy atom. The maximum Gasteiger partial charge on any atom is 0.335 e. The van der Waals surface area contributed by atoms with E-state index in [2.05, 4.69) is 9.97 Å². The maximum absolute atomic E-state index is 11.0. The minimum atomic E-state index is -1.61. The van der Waals surface area contributed by atoms with Gasteiger partial charge in [-0.2, -0.15) is 0 Å². The number of rotatable bonds is 2. The minimum absolute atomic E-state index is 0.191. The summed E-state index contributed by atoms with van der Waals surface area (Å²) in [5.41, 5.74) is 0.0280. The summed E-state index contributed by atoms with van der Waals surface area (Å²) in [5.74, 6) is -0.433. The van der Waals surface area contributed by atoms with Crippen LogP contribution < -0.4 is 4.90 Å². The predicted molar refractivity (Wildman–Crippen MR) is 73.6 cm³/mol. The number of piperidine rings is 1. The zero-order valence-electron chi connectivity index (χ0n) is 10.9. The van der Waals surface area contributed by atoms with Crippen molar-refractivity contribution < 1.29 is 15.0 Å². The smallest absolute Gasteiger partial charge is 0.335 e. The molecule has 1 aromatic carbocycles. The minimum Gasteiger partial charge on any atom is -0.479 e. The summed E-state index contributed by atoms with van der Waals surface area (Å²) in [6.45, 7) is 0.908. The van der Waals surface area contributed by atoms with Gasteiger partial charge >= 0.3 is 5.97 Å². The second kappa shape index (κ2) is 4.72. The summed E-state index contributed by atoms with van der Waals surface area (Å²) in [6, 6.07) is 7.60. The SMILES string of the molecule is O=C(O)C1(O)CCN(c2cnc3ccccc3n2)CC1. The van der Waals surface area contributed by atoms with Crippen LogP contribution in [0.15, 0.2) is 30.5 Å². The van der Waals surface area contributed by atoms with Crippen LogP contribution in [0, 0.1) is 0 Å². The standard InChI is InChI=1S/C14H15N3O3/c18-13(19)14(20)5-7-17(8-6-14)12-9-15-10-3-1-2-4-11(10)16-12/h1-4,9,20H,5-8H2,(H,18,19). The summed E-state index contributed by atoms with van der Waals surface area (Å²) in [7, 11) is 0. The van der Waals surface area contributed by atoms with E-state index in [-0.39, 0.29) is 12.8 Å². The first-order chi connectivity index (χ1) is 9.58. The Hall–Kier alpha value is -2.21. The van der Waals surface area contributed by atoms with Crippen LogP contribution in [0.3, 0.4) is 0 Å². The summed E-state index contributed by atoms with van der Waals surface area (Å²) < 4.78 is 0. The molecule has 1 aromatic heterocycles.